The third kappa shape index (κ3) is 4.32. The predicted molar refractivity (Wildman–Crippen MR) is 187 cm³/mol. The number of aromatic nitrogens is 2. The van der Waals surface area contributed by atoms with Gasteiger partial charge in [0.25, 0.3) is 0 Å². The number of hydrogen-bond donors (Lipinski definition) is 0. The lowest BCUT2D eigenvalue weighted by atomic mass is 9.86. The van der Waals surface area contributed by atoms with Gasteiger partial charge in [-0.3, -0.25) is 4.57 Å². The van der Waals surface area contributed by atoms with Crippen LogP contribution < -0.4 is 0 Å². The van der Waals surface area contributed by atoms with Gasteiger partial charge in [0.15, 0.2) is 0 Å². The van der Waals surface area contributed by atoms with E-state index in [1.54, 1.807) is 12.1 Å². The molecular formula is C41H23ClN4. The molecule has 0 saturated heterocycles. The molecule has 1 heterocycles. The van der Waals surface area contributed by atoms with E-state index < -0.39 is 0 Å². The van der Waals surface area contributed by atoms with Crippen LogP contribution in [0.25, 0.3) is 71.9 Å². The van der Waals surface area contributed by atoms with E-state index in [0.717, 1.165) is 22.2 Å². The molecule has 0 amide bonds. The largest absolute Gasteiger partial charge is 0.290 e. The van der Waals surface area contributed by atoms with Crippen LogP contribution in [0.1, 0.15) is 11.1 Å². The summed E-state index contributed by atoms with van der Waals surface area (Å²) in [5.74, 6) is 0.636. The molecule has 0 saturated carbocycles. The van der Waals surface area contributed by atoms with Gasteiger partial charge in [0, 0.05) is 10.6 Å². The minimum atomic E-state index is 0.307. The van der Waals surface area contributed by atoms with Crippen molar-refractivity contribution in [2.24, 2.45) is 0 Å². The summed E-state index contributed by atoms with van der Waals surface area (Å²) in [5.41, 5.74) is 8.17. The van der Waals surface area contributed by atoms with Gasteiger partial charge in [0.05, 0.1) is 27.8 Å². The minimum absolute atomic E-state index is 0.307. The average molecular weight is 607 g/mol. The summed E-state index contributed by atoms with van der Waals surface area (Å²) in [5, 5.41) is 25.2. The molecule has 8 rings (SSSR count). The van der Waals surface area contributed by atoms with Crippen molar-refractivity contribution in [3.63, 3.8) is 0 Å². The van der Waals surface area contributed by atoms with E-state index in [9.17, 15) is 10.5 Å². The number of nitrogens with zero attached hydrogens (tertiary/aromatic N) is 4. The number of rotatable bonds is 4. The quantitative estimate of drug-likeness (QED) is 0.187. The van der Waals surface area contributed by atoms with Gasteiger partial charge >= 0.3 is 0 Å². The molecule has 46 heavy (non-hydrogen) atoms. The van der Waals surface area contributed by atoms with E-state index in [4.69, 9.17) is 16.6 Å². The molecule has 0 aliphatic rings. The van der Waals surface area contributed by atoms with Crippen molar-refractivity contribution in [2.45, 2.75) is 0 Å². The van der Waals surface area contributed by atoms with Crippen LogP contribution in [-0.4, -0.2) is 9.55 Å². The Labute approximate surface area is 270 Å². The van der Waals surface area contributed by atoms with E-state index in [0.29, 0.717) is 27.7 Å². The molecule has 1 aromatic heterocycles. The summed E-state index contributed by atoms with van der Waals surface area (Å²) < 4.78 is 1.90. The van der Waals surface area contributed by atoms with Gasteiger partial charge in [-0.1, -0.05) is 127 Å². The van der Waals surface area contributed by atoms with E-state index >= 15 is 0 Å². The van der Waals surface area contributed by atoms with Crippen LogP contribution in [0.15, 0.2) is 140 Å². The van der Waals surface area contributed by atoms with Gasteiger partial charge < -0.3 is 0 Å². The highest BCUT2D eigenvalue weighted by atomic mass is 35.5. The molecule has 0 spiro atoms. The molecule has 0 aliphatic carbocycles. The van der Waals surface area contributed by atoms with Crippen LogP contribution in [0.2, 0.25) is 5.02 Å². The minimum Gasteiger partial charge on any atom is -0.290 e. The Balaban J connectivity index is 1.36. The SMILES string of the molecule is N#Cc1cc(Cl)cc(C#N)c1-n1c(-c2ccc(-c3c4ccccc4c(-c4ccccc4)c4ccccc34)cc2)nc2ccccc21. The molecule has 5 heteroatoms. The monoisotopic (exact) mass is 606 g/mol. The van der Waals surface area contributed by atoms with Crippen LogP contribution >= 0.6 is 11.6 Å². The van der Waals surface area contributed by atoms with Gasteiger partial charge in [-0.15, -0.1) is 0 Å². The van der Waals surface area contributed by atoms with Crippen LogP contribution in [0.3, 0.4) is 0 Å². The number of hydrogen-bond acceptors (Lipinski definition) is 3. The summed E-state index contributed by atoms with van der Waals surface area (Å²) in [7, 11) is 0. The Hall–Kier alpha value is -6.20. The van der Waals surface area contributed by atoms with E-state index in [1.807, 2.05) is 34.9 Å². The normalized spacial score (nSPS) is 11.1. The first kappa shape index (κ1) is 27.4. The van der Waals surface area contributed by atoms with Crippen LogP contribution in [0.5, 0.6) is 0 Å². The molecular weight excluding hydrogens is 584 g/mol. The molecule has 0 unspecified atom stereocenters. The second-order valence-electron chi connectivity index (χ2n) is 11.1. The van der Waals surface area contributed by atoms with Crippen molar-refractivity contribution < 1.29 is 0 Å². The summed E-state index contributed by atoms with van der Waals surface area (Å²) in [6.07, 6.45) is 0. The van der Waals surface area contributed by atoms with Crippen molar-refractivity contribution in [1.82, 2.24) is 9.55 Å². The molecule has 214 valence electrons. The second-order valence-corrected chi connectivity index (χ2v) is 11.6. The van der Waals surface area contributed by atoms with Crippen LogP contribution in [-0.2, 0) is 0 Å². The highest BCUT2D eigenvalue weighted by molar-refractivity contribution is 6.31. The van der Waals surface area contributed by atoms with Gasteiger partial charge in [0.1, 0.15) is 18.0 Å². The van der Waals surface area contributed by atoms with Crippen LogP contribution in [0.4, 0.5) is 0 Å². The molecule has 0 N–H and O–H groups in total. The third-order valence-electron chi connectivity index (χ3n) is 8.53. The van der Waals surface area contributed by atoms with Crippen molar-refractivity contribution in [3.05, 3.63) is 156 Å². The molecule has 0 aliphatic heterocycles. The van der Waals surface area contributed by atoms with Crippen molar-refractivity contribution >= 4 is 44.2 Å². The fourth-order valence-electron chi connectivity index (χ4n) is 6.60. The number of benzene rings is 7. The predicted octanol–water partition coefficient (Wildman–Crippen LogP) is 10.7. The average Bonchev–Trinajstić information content (AvgIpc) is 3.49. The number of para-hydroxylation sites is 2. The van der Waals surface area contributed by atoms with Crippen molar-refractivity contribution in [3.8, 4) is 51.5 Å². The lowest BCUT2D eigenvalue weighted by molar-refractivity contribution is 1.09. The maximum atomic E-state index is 10.1. The van der Waals surface area contributed by atoms with E-state index in [1.165, 1.54) is 38.2 Å². The van der Waals surface area contributed by atoms with Crippen molar-refractivity contribution in [2.75, 3.05) is 0 Å². The standard InChI is InChI=1S/C41H23ClN4/c42-31-22-29(24-43)40(30(23-31)25-44)46-37-17-9-8-16-36(37)45-41(46)28-20-18-27(19-21-28)39-34-14-6-4-12-32(34)38(26-10-2-1-3-11-26)33-13-5-7-15-35(33)39/h1-23H. The Bertz CT molecular complexity index is 2460. The highest BCUT2D eigenvalue weighted by Crippen LogP contribution is 2.44. The first-order valence-corrected chi connectivity index (χ1v) is 15.3. The van der Waals surface area contributed by atoms with Crippen LogP contribution in [0, 0.1) is 22.7 Å². The van der Waals surface area contributed by atoms with Gasteiger partial charge in [-0.25, -0.2) is 4.98 Å². The number of imidazole rings is 1. The molecule has 0 fully saturated rings. The number of fused-ring (bicyclic) bond motifs is 3. The topological polar surface area (TPSA) is 65.4 Å². The first-order chi connectivity index (χ1) is 22.7. The smallest absolute Gasteiger partial charge is 0.145 e. The van der Waals surface area contributed by atoms with E-state index in [2.05, 4.69) is 109 Å². The summed E-state index contributed by atoms with van der Waals surface area (Å²) in [6.45, 7) is 0. The second kappa shape index (κ2) is 11.1. The Kier molecular flexibility index (Phi) is 6.58. The van der Waals surface area contributed by atoms with Gasteiger partial charge in [0.2, 0.25) is 0 Å². The summed E-state index contributed by atoms with van der Waals surface area (Å²) in [6, 6.07) is 51.6. The maximum Gasteiger partial charge on any atom is 0.145 e. The zero-order valence-electron chi connectivity index (χ0n) is 24.4. The molecule has 8 aromatic rings. The highest BCUT2D eigenvalue weighted by Gasteiger charge is 2.21. The lowest BCUT2D eigenvalue weighted by Crippen LogP contribution is -2.04. The third-order valence-corrected chi connectivity index (χ3v) is 8.74. The molecule has 7 aromatic carbocycles. The zero-order valence-corrected chi connectivity index (χ0v) is 25.2. The Morgan fingerprint density at radius 3 is 1.52 bits per heavy atom. The summed E-state index contributed by atoms with van der Waals surface area (Å²) >= 11 is 6.29. The molecule has 0 bridgehead atoms. The Morgan fingerprint density at radius 1 is 0.522 bits per heavy atom. The lowest BCUT2D eigenvalue weighted by Gasteiger charge is -2.18. The maximum absolute atomic E-state index is 10.1. The first-order valence-electron chi connectivity index (χ1n) is 14.9. The van der Waals surface area contributed by atoms with E-state index in [-0.39, 0.29) is 0 Å². The number of nitriles is 2. The molecule has 0 radical (unpaired) electrons. The van der Waals surface area contributed by atoms with Gasteiger partial charge in [-0.2, -0.15) is 10.5 Å². The molecule has 4 nitrogen and oxygen atoms in total. The zero-order chi connectivity index (χ0) is 31.2. The summed E-state index contributed by atoms with van der Waals surface area (Å²) in [4.78, 5) is 4.99. The fraction of sp³-hybridized carbons (Fsp3) is 0. The number of halogens is 1. The van der Waals surface area contributed by atoms with Crippen molar-refractivity contribution in [1.29, 1.82) is 10.5 Å². The molecule has 0 atom stereocenters. The Morgan fingerprint density at radius 2 is 0.978 bits per heavy atom. The van der Waals surface area contributed by atoms with Gasteiger partial charge in [-0.05, 0) is 68.1 Å². The fourth-order valence-corrected chi connectivity index (χ4v) is 6.82.